The summed E-state index contributed by atoms with van der Waals surface area (Å²) in [5.74, 6) is 0. The topological polar surface area (TPSA) is 15.8 Å². The summed E-state index contributed by atoms with van der Waals surface area (Å²) < 4.78 is 0. The van der Waals surface area contributed by atoms with Crippen molar-refractivity contribution in [3.63, 3.8) is 0 Å². The second kappa shape index (κ2) is 4.33. The van der Waals surface area contributed by atoms with Crippen molar-refractivity contribution < 1.29 is 0 Å². The Bertz CT molecular complexity index is 313. The number of nitrogens with one attached hydrogen (secondary N) is 1. The molecule has 1 heterocycles. The Hall–Kier alpha value is -0.734. The SMILES string of the molecule is [MgH2].c1ccc(-c2ccc[nH]2)cc1. The van der Waals surface area contributed by atoms with Gasteiger partial charge in [-0.3, -0.25) is 0 Å². The van der Waals surface area contributed by atoms with E-state index in [4.69, 9.17) is 0 Å². The van der Waals surface area contributed by atoms with Crippen molar-refractivity contribution in [2.45, 2.75) is 0 Å². The van der Waals surface area contributed by atoms with E-state index in [2.05, 4.69) is 23.2 Å². The van der Waals surface area contributed by atoms with Crippen molar-refractivity contribution >= 4 is 23.1 Å². The molecule has 2 rings (SSSR count). The van der Waals surface area contributed by atoms with E-state index in [9.17, 15) is 0 Å². The predicted molar refractivity (Wildman–Crippen MR) is 54.8 cm³/mol. The number of hydrogen-bond donors (Lipinski definition) is 1. The van der Waals surface area contributed by atoms with E-state index in [0.717, 1.165) is 0 Å². The highest BCUT2D eigenvalue weighted by atomic mass is 24.3. The fourth-order valence-corrected chi connectivity index (χ4v) is 1.13. The van der Waals surface area contributed by atoms with E-state index in [1.54, 1.807) is 0 Å². The molecule has 1 aromatic heterocycles. The summed E-state index contributed by atoms with van der Waals surface area (Å²) in [6.45, 7) is 0. The Labute approximate surface area is 88.0 Å². The molecule has 0 amide bonds. The normalized spacial score (nSPS) is 9.00. The Morgan fingerprint density at radius 1 is 0.833 bits per heavy atom. The standard InChI is InChI=1S/C10H9N.Mg.2H/c1-2-5-9(6-3-1)10-7-4-8-11-10;;;/h1-8,11H;;;. The molecule has 0 radical (unpaired) electrons. The van der Waals surface area contributed by atoms with Crippen LogP contribution in [0.15, 0.2) is 48.7 Å². The van der Waals surface area contributed by atoms with Gasteiger partial charge in [-0.15, -0.1) is 0 Å². The fourth-order valence-electron chi connectivity index (χ4n) is 1.13. The zero-order valence-corrected chi connectivity index (χ0v) is 6.12. The Morgan fingerprint density at radius 2 is 1.58 bits per heavy atom. The van der Waals surface area contributed by atoms with E-state index in [-0.39, 0.29) is 23.1 Å². The summed E-state index contributed by atoms with van der Waals surface area (Å²) >= 11 is 0. The van der Waals surface area contributed by atoms with Crippen molar-refractivity contribution in [3.8, 4) is 11.3 Å². The highest BCUT2D eigenvalue weighted by Gasteiger charge is 1.92. The van der Waals surface area contributed by atoms with E-state index >= 15 is 0 Å². The molecule has 12 heavy (non-hydrogen) atoms. The van der Waals surface area contributed by atoms with Crippen LogP contribution in [0.5, 0.6) is 0 Å². The molecule has 0 spiro atoms. The van der Waals surface area contributed by atoms with Crippen LogP contribution in [-0.2, 0) is 0 Å². The zero-order chi connectivity index (χ0) is 7.52. The number of aromatic nitrogens is 1. The third-order valence-electron chi connectivity index (χ3n) is 1.68. The van der Waals surface area contributed by atoms with E-state index in [1.807, 2.05) is 30.5 Å². The van der Waals surface area contributed by atoms with Crippen LogP contribution < -0.4 is 0 Å². The van der Waals surface area contributed by atoms with Crippen molar-refractivity contribution in [1.82, 2.24) is 4.98 Å². The Balaban J connectivity index is 0.000000720. The maximum absolute atomic E-state index is 3.15. The van der Waals surface area contributed by atoms with Crippen LogP contribution in [0.3, 0.4) is 0 Å². The molecule has 0 atom stereocenters. The highest BCUT2D eigenvalue weighted by Crippen LogP contribution is 2.14. The minimum absolute atomic E-state index is 0. The lowest BCUT2D eigenvalue weighted by atomic mass is 10.2. The summed E-state index contributed by atoms with van der Waals surface area (Å²) in [7, 11) is 0. The number of benzene rings is 1. The van der Waals surface area contributed by atoms with E-state index in [0.29, 0.717) is 0 Å². The molecular formula is C10H11MgN. The molecule has 1 N–H and O–H groups in total. The van der Waals surface area contributed by atoms with Crippen LogP contribution in [0.2, 0.25) is 0 Å². The maximum Gasteiger partial charge on any atom is 0.316 e. The third kappa shape index (κ3) is 1.90. The van der Waals surface area contributed by atoms with Gasteiger partial charge >= 0.3 is 23.1 Å². The molecule has 0 aliphatic rings. The quantitative estimate of drug-likeness (QED) is 0.627. The minimum Gasteiger partial charge on any atom is -0.361 e. The highest BCUT2D eigenvalue weighted by molar-refractivity contribution is 5.75. The molecule has 58 valence electrons. The lowest BCUT2D eigenvalue weighted by Gasteiger charge is -1.94. The maximum atomic E-state index is 3.15. The largest absolute Gasteiger partial charge is 0.361 e. The van der Waals surface area contributed by atoms with Crippen LogP contribution >= 0.6 is 0 Å². The number of rotatable bonds is 1. The minimum atomic E-state index is 0. The van der Waals surface area contributed by atoms with Crippen molar-refractivity contribution in [2.24, 2.45) is 0 Å². The molecule has 0 saturated heterocycles. The number of H-pyrrole nitrogens is 1. The van der Waals surface area contributed by atoms with E-state index < -0.39 is 0 Å². The Morgan fingerprint density at radius 3 is 2.17 bits per heavy atom. The van der Waals surface area contributed by atoms with Gasteiger partial charge in [0.15, 0.2) is 0 Å². The van der Waals surface area contributed by atoms with Gasteiger partial charge in [-0.05, 0) is 17.7 Å². The van der Waals surface area contributed by atoms with Crippen LogP contribution in [0, 0.1) is 0 Å². The molecule has 2 heteroatoms. The zero-order valence-electron chi connectivity index (χ0n) is 6.12. The molecule has 0 bridgehead atoms. The van der Waals surface area contributed by atoms with Gasteiger partial charge < -0.3 is 4.98 Å². The number of aromatic amines is 1. The molecule has 0 fully saturated rings. The van der Waals surface area contributed by atoms with Crippen molar-refractivity contribution in [3.05, 3.63) is 48.7 Å². The average molecular weight is 170 g/mol. The van der Waals surface area contributed by atoms with Gasteiger partial charge in [0, 0.05) is 11.9 Å². The monoisotopic (exact) mass is 169 g/mol. The molecular weight excluding hydrogens is 158 g/mol. The van der Waals surface area contributed by atoms with Gasteiger partial charge in [-0.2, -0.15) is 0 Å². The summed E-state index contributed by atoms with van der Waals surface area (Å²) in [6.07, 6.45) is 1.93. The molecule has 1 aromatic carbocycles. The predicted octanol–water partition coefficient (Wildman–Crippen LogP) is 1.77. The molecule has 0 aliphatic heterocycles. The van der Waals surface area contributed by atoms with Gasteiger partial charge in [0.1, 0.15) is 0 Å². The molecule has 0 unspecified atom stereocenters. The van der Waals surface area contributed by atoms with Crippen molar-refractivity contribution in [2.75, 3.05) is 0 Å². The van der Waals surface area contributed by atoms with Crippen LogP contribution in [0.4, 0.5) is 0 Å². The van der Waals surface area contributed by atoms with E-state index in [1.165, 1.54) is 11.3 Å². The molecule has 0 aliphatic carbocycles. The average Bonchev–Trinajstić information content (AvgIpc) is 2.58. The summed E-state index contributed by atoms with van der Waals surface area (Å²) in [6, 6.07) is 14.3. The van der Waals surface area contributed by atoms with Gasteiger partial charge in [0.2, 0.25) is 0 Å². The summed E-state index contributed by atoms with van der Waals surface area (Å²) in [4.78, 5) is 3.15. The lowest BCUT2D eigenvalue weighted by Crippen LogP contribution is -1.73. The smallest absolute Gasteiger partial charge is 0.316 e. The summed E-state index contributed by atoms with van der Waals surface area (Å²) in [5.41, 5.74) is 2.41. The van der Waals surface area contributed by atoms with Crippen LogP contribution in [0.1, 0.15) is 0 Å². The molecule has 1 nitrogen and oxygen atoms in total. The third-order valence-corrected chi connectivity index (χ3v) is 1.68. The molecule has 0 saturated carbocycles. The first kappa shape index (κ1) is 9.35. The van der Waals surface area contributed by atoms with Crippen LogP contribution in [-0.4, -0.2) is 28.0 Å². The van der Waals surface area contributed by atoms with Gasteiger partial charge in [0.05, 0.1) is 0 Å². The van der Waals surface area contributed by atoms with Gasteiger partial charge in [-0.25, -0.2) is 0 Å². The van der Waals surface area contributed by atoms with Gasteiger partial charge in [0.25, 0.3) is 0 Å². The number of hydrogen-bond acceptors (Lipinski definition) is 0. The molecule has 2 aromatic rings. The van der Waals surface area contributed by atoms with Crippen molar-refractivity contribution in [1.29, 1.82) is 0 Å². The first-order valence-electron chi connectivity index (χ1n) is 3.65. The summed E-state index contributed by atoms with van der Waals surface area (Å²) in [5, 5.41) is 0. The fraction of sp³-hybridized carbons (Fsp3) is 0. The van der Waals surface area contributed by atoms with Gasteiger partial charge in [-0.1, -0.05) is 30.3 Å². The lowest BCUT2D eigenvalue weighted by molar-refractivity contribution is 1.40. The van der Waals surface area contributed by atoms with Crippen LogP contribution in [0.25, 0.3) is 11.3 Å². The Kier molecular flexibility index (Phi) is 3.38. The first-order valence-corrected chi connectivity index (χ1v) is 3.65. The second-order valence-corrected chi connectivity index (χ2v) is 2.45. The first-order chi connectivity index (χ1) is 5.47. The second-order valence-electron chi connectivity index (χ2n) is 2.45.